The first-order valence-corrected chi connectivity index (χ1v) is 6.29. The number of carbonyl (C=O) groups excluding carboxylic acids is 1. The zero-order chi connectivity index (χ0) is 12.3. The lowest BCUT2D eigenvalue weighted by Gasteiger charge is -2.30. The third-order valence-electron chi connectivity index (χ3n) is 2.89. The summed E-state index contributed by atoms with van der Waals surface area (Å²) in [6.07, 6.45) is 3.75. The largest absolute Gasteiger partial charge is 0.453 e. The summed E-state index contributed by atoms with van der Waals surface area (Å²) in [5, 5.41) is 2.81. The number of amides is 1. The maximum absolute atomic E-state index is 11.1. The van der Waals surface area contributed by atoms with Crippen molar-refractivity contribution in [2.75, 3.05) is 7.11 Å². The molecule has 0 aliphatic heterocycles. The van der Waals surface area contributed by atoms with E-state index in [9.17, 15) is 4.79 Å². The van der Waals surface area contributed by atoms with E-state index >= 15 is 0 Å². The van der Waals surface area contributed by atoms with E-state index in [4.69, 9.17) is 0 Å². The van der Waals surface area contributed by atoms with Crippen molar-refractivity contribution in [2.45, 2.75) is 18.9 Å². The lowest BCUT2D eigenvalue weighted by atomic mass is 9.85. The van der Waals surface area contributed by atoms with Gasteiger partial charge in [0.15, 0.2) is 0 Å². The monoisotopic (exact) mass is 295 g/mol. The summed E-state index contributed by atoms with van der Waals surface area (Å²) in [4.78, 5) is 11.1. The molecule has 1 aliphatic rings. The van der Waals surface area contributed by atoms with Gasteiger partial charge < -0.3 is 10.1 Å². The van der Waals surface area contributed by atoms with Gasteiger partial charge in [0.25, 0.3) is 0 Å². The van der Waals surface area contributed by atoms with Crippen molar-refractivity contribution >= 4 is 28.1 Å². The van der Waals surface area contributed by atoms with Gasteiger partial charge in [0, 0.05) is 4.47 Å². The van der Waals surface area contributed by atoms with E-state index < -0.39 is 0 Å². The molecule has 3 nitrogen and oxygen atoms in total. The Hall–Kier alpha value is -1.29. The minimum atomic E-state index is -0.368. The molecule has 1 atom stereocenters. The Morgan fingerprint density at radius 2 is 2.29 bits per heavy atom. The van der Waals surface area contributed by atoms with Gasteiger partial charge >= 0.3 is 6.09 Å². The molecular weight excluding hydrogens is 282 g/mol. The van der Waals surface area contributed by atoms with E-state index in [1.54, 1.807) is 0 Å². The van der Waals surface area contributed by atoms with Crippen molar-refractivity contribution in [2.24, 2.45) is 0 Å². The van der Waals surface area contributed by atoms with Gasteiger partial charge in [0.1, 0.15) is 0 Å². The number of hydrogen-bond donors (Lipinski definition) is 1. The van der Waals surface area contributed by atoms with E-state index in [1.807, 2.05) is 24.3 Å². The molecule has 0 radical (unpaired) electrons. The first-order chi connectivity index (χ1) is 8.20. The maximum Gasteiger partial charge on any atom is 0.407 e. The van der Waals surface area contributed by atoms with Crippen molar-refractivity contribution in [1.29, 1.82) is 0 Å². The molecule has 1 unspecified atom stereocenters. The van der Waals surface area contributed by atoms with Crippen LogP contribution in [-0.2, 0) is 4.74 Å². The molecule has 1 aromatic carbocycles. The number of rotatable bonds is 2. The normalized spacial score (nSPS) is 20.8. The SMILES string of the molecule is COC(=O)NC1CC/C1=C/c1ccccc1Br. The summed E-state index contributed by atoms with van der Waals surface area (Å²) in [5.74, 6) is 0. The second-order valence-electron chi connectivity index (χ2n) is 3.97. The molecule has 1 amide bonds. The first kappa shape index (κ1) is 12.2. The molecular formula is C13H14BrNO2. The number of methoxy groups -OCH3 is 1. The number of nitrogens with one attached hydrogen (secondary N) is 1. The molecule has 1 fully saturated rings. The van der Waals surface area contributed by atoms with E-state index in [1.165, 1.54) is 12.7 Å². The van der Waals surface area contributed by atoms with E-state index in [0.29, 0.717) is 0 Å². The number of halogens is 1. The van der Waals surface area contributed by atoms with Crippen LogP contribution in [-0.4, -0.2) is 19.2 Å². The van der Waals surface area contributed by atoms with Crippen LogP contribution in [0.3, 0.4) is 0 Å². The van der Waals surface area contributed by atoms with Gasteiger partial charge in [-0.25, -0.2) is 4.79 Å². The molecule has 1 aromatic rings. The zero-order valence-corrected chi connectivity index (χ0v) is 11.2. The summed E-state index contributed by atoms with van der Waals surface area (Å²) in [6.45, 7) is 0. The highest BCUT2D eigenvalue weighted by Gasteiger charge is 2.25. The van der Waals surface area contributed by atoms with Crippen LogP contribution < -0.4 is 5.32 Å². The molecule has 0 saturated heterocycles. The van der Waals surface area contributed by atoms with E-state index in [2.05, 4.69) is 32.1 Å². The average Bonchev–Trinajstić information content (AvgIpc) is 2.33. The molecule has 1 N–H and O–H groups in total. The third-order valence-corrected chi connectivity index (χ3v) is 3.62. The molecule has 0 aromatic heterocycles. The predicted octanol–water partition coefficient (Wildman–Crippen LogP) is 3.35. The number of hydrogen-bond acceptors (Lipinski definition) is 2. The highest BCUT2D eigenvalue weighted by atomic mass is 79.9. The fourth-order valence-corrected chi connectivity index (χ4v) is 2.19. The molecule has 0 bridgehead atoms. The van der Waals surface area contributed by atoms with Crippen molar-refractivity contribution in [3.63, 3.8) is 0 Å². The average molecular weight is 296 g/mol. The highest BCUT2D eigenvalue weighted by molar-refractivity contribution is 9.10. The zero-order valence-electron chi connectivity index (χ0n) is 9.57. The first-order valence-electron chi connectivity index (χ1n) is 5.50. The van der Waals surface area contributed by atoms with Crippen LogP contribution in [0.4, 0.5) is 4.79 Å². The van der Waals surface area contributed by atoms with Gasteiger partial charge in [-0.2, -0.15) is 0 Å². The quantitative estimate of drug-likeness (QED) is 0.909. The Kier molecular flexibility index (Phi) is 3.84. The Bertz CT molecular complexity index is 456. The molecule has 1 aliphatic carbocycles. The lowest BCUT2D eigenvalue weighted by molar-refractivity contribution is 0.165. The van der Waals surface area contributed by atoms with Crippen molar-refractivity contribution in [1.82, 2.24) is 5.32 Å². The number of carbonyl (C=O) groups is 1. The van der Waals surface area contributed by atoms with Crippen LogP contribution in [0.25, 0.3) is 6.08 Å². The molecule has 1 saturated carbocycles. The van der Waals surface area contributed by atoms with Gasteiger partial charge in [-0.3, -0.25) is 0 Å². The highest BCUT2D eigenvalue weighted by Crippen LogP contribution is 2.30. The van der Waals surface area contributed by atoms with E-state index in [0.717, 1.165) is 22.9 Å². The van der Waals surface area contributed by atoms with Gasteiger partial charge in [0.05, 0.1) is 13.2 Å². The Balaban J connectivity index is 2.08. The van der Waals surface area contributed by atoms with Crippen LogP contribution >= 0.6 is 15.9 Å². The number of alkyl carbamates (subject to hydrolysis) is 1. The summed E-state index contributed by atoms with van der Waals surface area (Å²) in [5.41, 5.74) is 2.38. The van der Waals surface area contributed by atoms with Crippen molar-refractivity contribution < 1.29 is 9.53 Å². The molecule has 2 rings (SSSR count). The third kappa shape index (κ3) is 2.88. The van der Waals surface area contributed by atoms with Gasteiger partial charge in [-0.15, -0.1) is 0 Å². The van der Waals surface area contributed by atoms with Crippen LogP contribution in [0.5, 0.6) is 0 Å². The molecule has 0 heterocycles. The van der Waals surface area contributed by atoms with Crippen LogP contribution in [0, 0.1) is 0 Å². The summed E-state index contributed by atoms with van der Waals surface area (Å²) >= 11 is 3.51. The standard InChI is InChI=1S/C13H14BrNO2/c1-17-13(16)15-12-7-6-10(12)8-9-4-2-3-5-11(9)14/h2-5,8,12H,6-7H2,1H3,(H,15,16)/b10-8-. The summed E-state index contributed by atoms with van der Waals surface area (Å²) < 4.78 is 5.66. The molecule has 4 heteroatoms. The lowest BCUT2D eigenvalue weighted by Crippen LogP contribution is -2.41. The maximum atomic E-state index is 11.1. The van der Waals surface area contributed by atoms with Gasteiger partial charge in [-0.05, 0) is 30.0 Å². The Morgan fingerprint density at radius 3 is 2.88 bits per heavy atom. The van der Waals surface area contributed by atoms with Gasteiger partial charge in [0.2, 0.25) is 0 Å². The Morgan fingerprint density at radius 1 is 1.53 bits per heavy atom. The van der Waals surface area contributed by atoms with Crippen molar-refractivity contribution in [3.05, 3.63) is 39.9 Å². The van der Waals surface area contributed by atoms with Gasteiger partial charge in [-0.1, -0.05) is 40.2 Å². The minimum Gasteiger partial charge on any atom is -0.453 e. The smallest absolute Gasteiger partial charge is 0.407 e. The topological polar surface area (TPSA) is 38.3 Å². The Labute approximate surface area is 109 Å². The minimum absolute atomic E-state index is 0.120. The molecule has 0 spiro atoms. The van der Waals surface area contributed by atoms with Crippen LogP contribution in [0.15, 0.2) is 34.3 Å². The molecule has 90 valence electrons. The van der Waals surface area contributed by atoms with Crippen LogP contribution in [0.1, 0.15) is 18.4 Å². The number of benzene rings is 1. The van der Waals surface area contributed by atoms with Crippen molar-refractivity contribution in [3.8, 4) is 0 Å². The number of ether oxygens (including phenoxy) is 1. The predicted molar refractivity (Wildman–Crippen MR) is 70.7 cm³/mol. The van der Waals surface area contributed by atoms with Crippen LogP contribution in [0.2, 0.25) is 0 Å². The summed E-state index contributed by atoms with van der Waals surface area (Å²) in [7, 11) is 1.38. The molecule has 17 heavy (non-hydrogen) atoms. The second kappa shape index (κ2) is 5.36. The second-order valence-corrected chi connectivity index (χ2v) is 4.82. The van der Waals surface area contributed by atoms with E-state index in [-0.39, 0.29) is 12.1 Å². The fraction of sp³-hybridized carbons (Fsp3) is 0.308. The fourth-order valence-electron chi connectivity index (χ4n) is 1.79. The summed E-state index contributed by atoms with van der Waals surface area (Å²) in [6, 6.07) is 8.16.